The van der Waals surface area contributed by atoms with E-state index in [-0.39, 0.29) is 12.1 Å². The Morgan fingerprint density at radius 2 is 1.72 bits per heavy atom. The van der Waals surface area contributed by atoms with E-state index in [0.717, 1.165) is 12.3 Å². The maximum atomic E-state index is 5.82. The van der Waals surface area contributed by atoms with Crippen LogP contribution in [0.1, 0.15) is 39.3 Å². The Labute approximate surface area is 111 Å². The Bertz CT molecular complexity index is 333. The van der Waals surface area contributed by atoms with Crippen molar-refractivity contribution in [3.8, 4) is 5.75 Å². The highest BCUT2D eigenvalue weighted by atomic mass is 16.5. The minimum atomic E-state index is 0.209. The maximum Gasteiger partial charge on any atom is 0.119 e. The van der Waals surface area contributed by atoms with Gasteiger partial charge in [-0.05, 0) is 44.0 Å². The van der Waals surface area contributed by atoms with E-state index in [4.69, 9.17) is 10.5 Å². The van der Waals surface area contributed by atoms with Crippen LogP contribution in [0.15, 0.2) is 24.3 Å². The van der Waals surface area contributed by atoms with Crippen molar-refractivity contribution < 1.29 is 4.74 Å². The molecular formula is C15H26N2O. The summed E-state index contributed by atoms with van der Waals surface area (Å²) in [6.07, 6.45) is 0.209. The van der Waals surface area contributed by atoms with E-state index in [9.17, 15) is 0 Å². The summed E-state index contributed by atoms with van der Waals surface area (Å²) in [5.74, 6) is 1.54. The molecule has 0 saturated heterocycles. The summed E-state index contributed by atoms with van der Waals surface area (Å²) in [6, 6.07) is 8.41. The molecule has 1 atom stereocenters. The highest BCUT2D eigenvalue weighted by Gasteiger charge is 2.09. The fraction of sp³-hybridized carbons (Fsp3) is 0.600. The van der Waals surface area contributed by atoms with Crippen LogP contribution in [0.5, 0.6) is 5.75 Å². The van der Waals surface area contributed by atoms with Crippen LogP contribution < -0.4 is 15.8 Å². The predicted molar refractivity (Wildman–Crippen MR) is 76.8 cm³/mol. The van der Waals surface area contributed by atoms with Crippen molar-refractivity contribution in [2.75, 3.05) is 13.1 Å². The van der Waals surface area contributed by atoms with Crippen LogP contribution in [-0.2, 0) is 0 Å². The van der Waals surface area contributed by atoms with Crippen molar-refractivity contribution >= 4 is 0 Å². The van der Waals surface area contributed by atoms with Gasteiger partial charge in [-0.15, -0.1) is 0 Å². The normalized spacial score (nSPS) is 13.1. The van der Waals surface area contributed by atoms with Crippen LogP contribution in [0, 0.1) is 5.92 Å². The first-order chi connectivity index (χ1) is 8.52. The molecule has 0 radical (unpaired) electrons. The number of rotatable bonds is 7. The summed E-state index contributed by atoms with van der Waals surface area (Å²) in [6.45, 7) is 10.0. The molecule has 0 aliphatic carbocycles. The van der Waals surface area contributed by atoms with Gasteiger partial charge in [0.25, 0.3) is 0 Å². The smallest absolute Gasteiger partial charge is 0.119 e. The fourth-order valence-electron chi connectivity index (χ4n) is 1.77. The molecular weight excluding hydrogens is 224 g/mol. The molecule has 0 bridgehead atoms. The van der Waals surface area contributed by atoms with Crippen LogP contribution >= 0.6 is 0 Å². The van der Waals surface area contributed by atoms with Crippen LogP contribution in [0.2, 0.25) is 0 Å². The molecule has 1 aromatic rings. The highest BCUT2D eigenvalue weighted by molar-refractivity contribution is 5.29. The molecule has 0 aliphatic rings. The van der Waals surface area contributed by atoms with E-state index >= 15 is 0 Å². The van der Waals surface area contributed by atoms with Gasteiger partial charge in [-0.25, -0.2) is 0 Å². The third kappa shape index (κ3) is 5.07. The summed E-state index contributed by atoms with van der Waals surface area (Å²) < 4.78 is 5.63. The lowest BCUT2D eigenvalue weighted by molar-refractivity contribution is 0.242. The van der Waals surface area contributed by atoms with Crippen molar-refractivity contribution in [2.24, 2.45) is 11.7 Å². The molecule has 0 aromatic heterocycles. The van der Waals surface area contributed by atoms with E-state index in [2.05, 4.69) is 31.3 Å². The lowest BCUT2D eigenvalue weighted by Gasteiger charge is -2.19. The Morgan fingerprint density at radius 3 is 2.17 bits per heavy atom. The minimum absolute atomic E-state index is 0.209. The molecule has 102 valence electrons. The van der Waals surface area contributed by atoms with Gasteiger partial charge in [0.1, 0.15) is 5.75 Å². The molecule has 1 unspecified atom stereocenters. The molecule has 3 nitrogen and oxygen atoms in total. The fourth-order valence-corrected chi connectivity index (χ4v) is 1.77. The third-order valence-electron chi connectivity index (χ3n) is 2.66. The number of hydrogen-bond donors (Lipinski definition) is 2. The van der Waals surface area contributed by atoms with Crippen molar-refractivity contribution in [1.82, 2.24) is 5.32 Å². The van der Waals surface area contributed by atoms with Crippen molar-refractivity contribution in [3.63, 3.8) is 0 Å². The van der Waals surface area contributed by atoms with Crippen LogP contribution in [-0.4, -0.2) is 19.2 Å². The SMILES string of the molecule is CC(C)CNC(CN)c1ccc(OC(C)C)cc1. The zero-order valence-corrected chi connectivity index (χ0v) is 11.9. The van der Waals surface area contributed by atoms with E-state index in [1.54, 1.807) is 0 Å². The first-order valence-corrected chi connectivity index (χ1v) is 6.73. The zero-order chi connectivity index (χ0) is 13.5. The van der Waals surface area contributed by atoms with Crippen molar-refractivity contribution in [3.05, 3.63) is 29.8 Å². The average Bonchev–Trinajstić information content (AvgIpc) is 2.31. The van der Waals surface area contributed by atoms with E-state index in [1.165, 1.54) is 5.56 Å². The molecule has 0 spiro atoms. The number of nitrogens with two attached hydrogens (primary N) is 1. The molecule has 1 rings (SSSR count). The van der Waals surface area contributed by atoms with Gasteiger partial charge in [0.15, 0.2) is 0 Å². The first kappa shape index (κ1) is 15.0. The molecule has 3 heteroatoms. The van der Waals surface area contributed by atoms with Crippen LogP contribution in [0.3, 0.4) is 0 Å². The molecule has 18 heavy (non-hydrogen) atoms. The van der Waals surface area contributed by atoms with Crippen molar-refractivity contribution in [1.29, 1.82) is 0 Å². The van der Waals surface area contributed by atoms with Gasteiger partial charge in [0, 0.05) is 12.6 Å². The largest absolute Gasteiger partial charge is 0.491 e. The van der Waals surface area contributed by atoms with E-state index in [1.807, 2.05) is 26.0 Å². The standard InChI is InChI=1S/C15H26N2O/c1-11(2)10-17-15(9-16)13-5-7-14(8-6-13)18-12(3)4/h5-8,11-12,15,17H,9-10,16H2,1-4H3. The molecule has 0 saturated carbocycles. The monoisotopic (exact) mass is 250 g/mol. The molecule has 0 fully saturated rings. The van der Waals surface area contributed by atoms with Crippen LogP contribution in [0.4, 0.5) is 0 Å². The van der Waals surface area contributed by atoms with Gasteiger partial charge in [-0.1, -0.05) is 26.0 Å². The maximum absolute atomic E-state index is 5.82. The minimum Gasteiger partial charge on any atom is -0.491 e. The second-order valence-corrected chi connectivity index (χ2v) is 5.33. The summed E-state index contributed by atoms with van der Waals surface area (Å²) in [5, 5.41) is 3.48. The number of hydrogen-bond acceptors (Lipinski definition) is 3. The Hall–Kier alpha value is -1.06. The highest BCUT2D eigenvalue weighted by Crippen LogP contribution is 2.18. The van der Waals surface area contributed by atoms with E-state index in [0.29, 0.717) is 12.5 Å². The molecule has 1 aromatic carbocycles. The number of nitrogens with one attached hydrogen (secondary N) is 1. The van der Waals surface area contributed by atoms with Crippen molar-refractivity contribution in [2.45, 2.75) is 39.8 Å². The number of ether oxygens (including phenoxy) is 1. The number of benzene rings is 1. The second-order valence-electron chi connectivity index (χ2n) is 5.33. The quantitative estimate of drug-likeness (QED) is 0.782. The molecule has 0 aliphatic heterocycles. The third-order valence-corrected chi connectivity index (χ3v) is 2.66. The van der Waals surface area contributed by atoms with Gasteiger partial charge in [0.2, 0.25) is 0 Å². The predicted octanol–water partition coefficient (Wildman–Crippen LogP) is 2.72. The first-order valence-electron chi connectivity index (χ1n) is 6.73. The average molecular weight is 250 g/mol. The molecule has 0 heterocycles. The topological polar surface area (TPSA) is 47.3 Å². The second kappa shape index (κ2) is 7.39. The Kier molecular flexibility index (Phi) is 6.16. The molecule has 3 N–H and O–H groups in total. The van der Waals surface area contributed by atoms with Gasteiger partial charge in [0.05, 0.1) is 6.10 Å². The lowest BCUT2D eigenvalue weighted by Crippen LogP contribution is -2.30. The van der Waals surface area contributed by atoms with Crippen LogP contribution in [0.25, 0.3) is 0 Å². The lowest BCUT2D eigenvalue weighted by atomic mass is 10.1. The summed E-state index contributed by atoms with van der Waals surface area (Å²) >= 11 is 0. The Morgan fingerprint density at radius 1 is 1.11 bits per heavy atom. The zero-order valence-electron chi connectivity index (χ0n) is 11.9. The summed E-state index contributed by atoms with van der Waals surface area (Å²) in [4.78, 5) is 0. The summed E-state index contributed by atoms with van der Waals surface area (Å²) in [7, 11) is 0. The van der Waals surface area contributed by atoms with Gasteiger partial charge in [-0.2, -0.15) is 0 Å². The van der Waals surface area contributed by atoms with Gasteiger partial charge < -0.3 is 15.8 Å². The van der Waals surface area contributed by atoms with Gasteiger partial charge in [-0.3, -0.25) is 0 Å². The summed E-state index contributed by atoms with van der Waals surface area (Å²) in [5.41, 5.74) is 7.03. The van der Waals surface area contributed by atoms with E-state index < -0.39 is 0 Å². The Balaban J connectivity index is 2.63. The van der Waals surface area contributed by atoms with Gasteiger partial charge >= 0.3 is 0 Å². The molecule has 0 amide bonds.